The van der Waals surface area contributed by atoms with Crippen LogP contribution in [0, 0.1) is 0 Å². The Hall–Kier alpha value is -1.63. The molecule has 4 heterocycles. The Morgan fingerprint density at radius 2 is 0.735 bits per heavy atom. The number of nitrogens with zero attached hydrogens (tertiary/aromatic N) is 4. The molecule has 0 bridgehead atoms. The molecule has 0 aliphatic carbocycles. The van der Waals surface area contributed by atoms with E-state index in [0.717, 1.165) is 114 Å². The number of benzene rings is 5. The second kappa shape index (κ2) is 12.5. The molecule has 0 spiro atoms. The van der Waals surface area contributed by atoms with Crippen molar-refractivity contribution in [1.82, 2.24) is 39.9 Å². The van der Waals surface area contributed by atoms with E-state index >= 15 is 0 Å². The van der Waals surface area contributed by atoms with Crippen LogP contribution in [-0.2, 0) is 0 Å². The zero-order valence-electron chi connectivity index (χ0n) is 25.7. The Morgan fingerprint density at radius 3 is 1.00 bits per heavy atom. The van der Waals surface area contributed by atoms with Gasteiger partial charge in [0, 0.05) is 0 Å². The van der Waals surface area contributed by atoms with E-state index in [2.05, 4.69) is 188 Å². The zero-order chi connectivity index (χ0) is 33.9. The standard InChI is InChI=1S/C32H12N8.CH2.8Al/c1-2-34-29(33-1)19-9-17-10-20(30-35-3-4-36-30)15-25-26-16-22(32-39-7-8-40-32)12-18-11-21(31-37-5-6-38-31)14-24(28(18)26)23(13-19)27(17)25;;;;;;;;;/h9-16H,(H,33,34)(H,35,36)(H,37,38)(H,39,40);1H2;;;;;;;;. The summed E-state index contributed by atoms with van der Waals surface area (Å²) < 4.78 is 7.44. The van der Waals surface area contributed by atoms with Crippen LogP contribution in [0.3, 0.4) is 0 Å². The van der Waals surface area contributed by atoms with Crippen LogP contribution in [0.25, 0.3) is 88.6 Å². The molecule has 0 aliphatic heterocycles. The van der Waals surface area contributed by atoms with Gasteiger partial charge >= 0.3 is 263 Å². The van der Waals surface area contributed by atoms with E-state index in [9.17, 15) is 0 Å². The van der Waals surface area contributed by atoms with Gasteiger partial charge in [0.05, 0.1) is 0 Å². The summed E-state index contributed by atoms with van der Waals surface area (Å²) in [4.78, 5) is 33.5. The van der Waals surface area contributed by atoms with Crippen LogP contribution < -0.4 is 36.4 Å². The molecule has 210 valence electrons. The van der Waals surface area contributed by atoms with Crippen molar-refractivity contribution < 1.29 is 0 Å². The van der Waals surface area contributed by atoms with E-state index in [4.69, 9.17) is 19.9 Å². The van der Waals surface area contributed by atoms with Gasteiger partial charge in [-0.05, 0) is 0 Å². The van der Waals surface area contributed by atoms with Crippen LogP contribution >= 0.6 is 0 Å². The molecule has 8 nitrogen and oxygen atoms in total. The van der Waals surface area contributed by atoms with E-state index in [1.165, 1.54) is 10.8 Å². The Morgan fingerprint density at radius 1 is 0.429 bits per heavy atom. The van der Waals surface area contributed by atoms with E-state index < -0.39 is 0 Å². The second-order valence-electron chi connectivity index (χ2n) is 12.0. The van der Waals surface area contributed by atoms with Crippen molar-refractivity contribution in [1.29, 1.82) is 0 Å². The maximum absolute atomic E-state index is 4.98. The van der Waals surface area contributed by atoms with Gasteiger partial charge in [-0.15, -0.1) is 0 Å². The number of aromatic amines is 4. The van der Waals surface area contributed by atoms with Crippen molar-refractivity contribution in [3.63, 3.8) is 0 Å². The number of H-pyrrole nitrogens is 4. The Labute approximate surface area is 343 Å². The summed E-state index contributed by atoms with van der Waals surface area (Å²) in [7, 11) is 0. The summed E-state index contributed by atoms with van der Waals surface area (Å²) in [5.41, 5.74) is 4.02. The molecular formula is C33H14Al8N8. The van der Waals surface area contributed by atoms with E-state index in [0.29, 0.717) is 0 Å². The van der Waals surface area contributed by atoms with Gasteiger partial charge in [-0.3, -0.25) is 4.98 Å². The molecule has 9 aromatic rings. The molecule has 4 aromatic heterocycles. The molecule has 4 N–H and O–H groups in total. The topological polar surface area (TPSA) is 115 Å². The summed E-state index contributed by atoms with van der Waals surface area (Å²) in [5.74, 6) is 3.27. The van der Waals surface area contributed by atoms with Gasteiger partial charge in [0.2, 0.25) is 65.2 Å². The van der Waals surface area contributed by atoms with E-state index in [1.54, 1.807) is 0 Å². The molecule has 0 amide bonds. The van der Waals surface area contributed by atoms with Crippen molar-refractivity contribution in [2.45, 2.75) is 0 Å². The van der Waals surface area contributed by atoms with Crippen LogP contribution in [0.2, 0.25) is 0 Å². The van der Waals surface area contributed by atoms with Gasteiger partial charge in [0.15, 0.2) is 0 Å². The normalized spacial score (nSPS) is 11.8. The fourth-order valence-electron chi connectivity index (χ4n) is 6.73. The van der Waals surface area contributed by atoms with Gasteiger partial charge in [0.1, 0.15) is 0 Å². The van der Waals surface area contributed by atoms with Crippen LogP contribution in [0.4, 0.5) is 0 Å². The summed E-state index contributed by atoms with van der Waals surface area (Å²) in [6, 6.07) is 18.0. The van der Waals surface area contributed by atoms with E-state index in [1.807, 2.05) is 0 Å². The average Bonchev–Trinajstić information content (AvgIpc) is 3.84. The zero-order valence-corrected chi connectivity index (χ0v) is 35.0. The molecule has 5 aromatic carbocycles. The Balaban J connectivity index is 1.47. The van der Waals surface area contributed by atoms with Gasteiger partial charge in [0.25, 0.3) is 0 Å². The van der Waals surface area contributed by atoms with Gasteiger partial charge < -0.3 is 4.98 Å². The van der Waals surface area contributed by atoms with Crippen LogP contribution in [-0.4, -0.2) is 174 Å². The molecule has 0 fully saturated rings. The van der Waals surface area contributed by atoms with Crippen molar-refractivity contribution in [3.05, 3.63) is 48.5 Å². The molecule has 0 saturated heterocycles. The first-order valence-corrected chi connectivity index (χ1v) is 20.6. The Kier molecular flexibility index (Phi) is 8.48. The number of hydrogen-bond donors (Lipinski definition) is 4. The molecule has 9 rings (SSSR count). The van der Waals surface area contributed by atoms with Gasteiger partial charge in [-0.2, -0.15) is 0 Å². The summed E-state index contributed by atoms with van der Waals surface area (Å²) in [5, 5.41) is 13.3. The van der Waals surface area contributed by atoms with Crippen molar-refractivity contribution in [2.24, 2.45) is 0 Å². The SMILES string of the molecule is [CH2]=[Al][c]1nc(-c2cc3cc(-c4n[c]([Al])[c]([Al])[nH]4)cc4c5cc(-c6n[c]([Al])[c]([Al])[nH]6)cc6cc(-c7n[c]([Al])[c]([Al])[nH]7)cc(c(c2)c34)c65)[nH][c]1[Al]. The predicted octanol–water partition coefficient (Wildman–Crippen LogP) is -2.38. The minimum absolute atomic E-state index is 0.184. The monoisotopic (exact) mass is 738 g/mol. The molecule has 0 saturated carbocycles. The van der Waals surface area contributed by atoms with Crippen LogP contribution in [0.1, 0.15) is 0 Å². The summed E-state index contributed by atoms with van der Waals surface area (Å²) in [6.07, 6.45) is 0. The third-order valence-corrected chi connectivity index (χ3v) is 14.3. The number of nitrogens with one attached hydrogen (secondary N) is 4. The maximum atomic E-state index is 4.98. The fraction of sp³-hybridized carbons (Fsp3) is 0. The third kappa shape index (κ3) is 5.54. The number of rotatable bonds is 5. The minimum atomic E-state index is -0.184. The molecule has 0 unspecified atom stereocenters. The second-order valence-corrected chi connectivity index (χ2v) is 16.9. The van der Waals surface area contributed by atoms with Gasteiger partial charge in [-0.1, -0.05) is 9.11 Å². The number of hydrogen-bond acceptors (Lipinski definition) is 4. The van der Waals surface area contributed by atoms with Crippen molar-refractivity contribution >= 4 is 214 Å². The number of fused-ring (bicyclic) bond motifs is 2. The number of aromatic nitrogens is 8. The third-order valence-electron chi connectivity index (χ3n) is 9.01. The van der Waals surface area contributed by atoms with Crippen molar-refractivity contribution in [3.8, 4) is 45.6 Å². The molecule has 16 heteroatoms. The molecular weight excluding hydrogens is 724 g/mol. The molecule has 14 radical (unpaired) electrons. The number of imidazole rings is 4. The average molecular weight is 738 g/mol. The Bertz CT molecular complexity index is 2780. The summed E-state index contributed by atoms with van der Waals surface area (Å²) in [6.45, 7) is 0. The first-order chi connectivity index (χ1) is 23.6. The predicted molar refractivity (Wildman–Crippen MR) is 208 cm³/mol. The van der Waals surface area contributed by atoms with Crippen LogP contribution in [0.5, 0.6) is 0 Å². The van der Waals surface area contributed by atoms with Crippen LogP contribution in [0.15, 0.2) is 48.5 Å². The summed E-state index contributed by atoms with van der Waals surface area (Å²) >= 11 is 19.0. The molecule has 0 aliphatic rings. The van der Waals surface area contributed by atoms with Crippen molar-refractivity contribution in [2.75, 3.05) is 0 Å². The first kappa shape index (κ1) is 33.2. The molecule has 49 heavy (non-hydrogen) atoms. The molecule has 0 atom stereocenters. The van der Waals surface area contributed by atoms with Gasteiger partial charge in [-0.25, -0.2) is 0 Å². The fourth-order valence-corrected chi connectivity index (χ4v) is 9.01. The first-order valence-electron chi connectivity index (χ1n) is 15.1. The van der Waals surface area contributed by atoms with E-state index in [-0.39, 0.29) is 14.8 Å². The quantitative estimate of drug-likeness (QED) is 0.0898.